The summed E-state index contributed by atoms with van der Waals surface area (Å²) >= 11 is 0. The number of hydrogen-bond acceptors (Lipinski definition) is 7. The fraction of sp³-hybridized carbons (Fsp3) is 0.317. The van der Waals surface area contributed by atoms with Gasteiger partial charge in [0.15, 0.2) is 5.78 Å². The van der Waals surface area contributed by atoms with E-state index in [-0.39, 0.29) is 30.8 Å². The van der Waals surface area contributed by atoms with Gasteiger partial charge in [0, 0.05) is 18.3 Å². The summed E-state index contributed by atoms with van der Waals surface area (Å²) in [5.41, 5.74) is 13.8. The molecule has 4 aromatic rings. The van der Waals surface area contributed by atoms with E-state index in [9.17, 15) is 19.2 Å². The van der Waals surface area contributed by atoms with Crippen LogP contribution < -0.4 is 16.4 Å². The lowest BCUT2D eigenvalue weighted by Gasteiger charge is -2.17. The largest absolute Gasteiger partial charge is 0.480 e. The van der Waals surface area contributed by atoms with E-state index in [0.717, 1.165) is 22.3 Å². The molecular formula is C41H47N3O7. The predicted molar refractivity (Wildman–Crippen MR) is 198 cm³/mol. The van der Waals surface area contributed by atoms with Gasteiger partial charge in [-0.25, -0.2) is 14.4 Å². The number of nitrogens with one attached hydrogen (secondary N) is 2. The number of carbonyl (C=O) groups excluding carboxylic acids is 3. The number of nitrogens with two attached hydrogens (primary N) is 1. The van der Waals surface area contributed by atoms with Crippen LogP contribution in [0.2, 0.25) is 0 Å². The lowest BCUT2D eigenvalue weighted by Crippen LogP contribution is -2.40. The molecule has 2 aliphatic carbocycles. The zero-order chi connectivity index (χ0) is 36.9. The van der Waals surface area contributed by atoms with Gasteiger partial charge in [0.2, 0.25) is 0 Å². The number of carboxylic acid groups (broad SMARTS) is 1. The van der Waals surface area contributed by atoms with Crippen LogP contribution in [0.4, 0.5) is 9.59 Å². The van der Waals surface area contributed by atoms with Crippen molar-refractivity contribution in [2.45, 2.75) is 64.0 Å². The first-order valence-electron chi connectivity index (χ1n) is 17.3. The van der Waals surface area contributed by atoms with Crippen LogP contribution in [0.15, 0.2) is 97.1 Å². The monoisotopic (exact) mass is 693 g/mol. The molecule has 4 aromatic carbocycles. The Morgan fingerprint density at radius 3 is 1.20 bits per heavy atom. The lowest BCUT2D eigenvalue weighted by molar-refractivity contribution is -0.139. The first kappa shape index (κ1) is 38.3. The number of alkyl carbamates (subject to hydrolysis) is 2. The van der Waals surface area contributed by atoms with Crippen LogP contribution in [0.3, 0.4) is 0 Å². The number of rotatable bonds is 11. The highest BCUT2D eigenvalue weighted by molar-refractivity contribution is 5.87. The smallest absolute Gasteiger partial charge is 0.407 e. The molecule has 5 N–H and O–H groups in total. The molecule has 0 saturated carbocycles. The van der Waals surface area contributed by atoms with E-state index in [4.69, 9.17) is 14.6 Å². The highest BCUT2D eigenvalue weighted by Gasteiger charge is 2.31. The molecule has 10 heteroatoms. The van der Waals surface area contributed by atoms with E-state index in [1.54, 1.807) is 13.8 Å². The molecule has 0 bridgehead atoms. The van der Waals surface area contributed by atoms with Crippen molar-refractivity contribution < 1.29 is 33.8 Å². The number of fused-ring (bicyclic) bond motifs is 6. The van der Waals surface area contributed by atoms with Crippen molar-refractivity contribution in [3.05, 3.63) is 119 Å². The van der Waals surface area contributed by atoms with Crippen molar-refractivity contribution in [1.29, 1.82) is 0 Å². The number of ketones is 1. The van der Waals surface area contributed by atoms with E-state index >= 15 is 0 Å². The Bertz CT molecular complexity index is 1730. The van der Waals surface area contributed by atoms with Crippen molar-refractivity contribution in [3.63, 3.8) is 0 Å². The highest BCUT2D eigenvalue weighted by Crippen LogP contribution is 2.45. The number of benzene rings is 4. The van der Waals surface area contributed by atoms with Crippen LogP contribution in [0, 0.1) is 0 Å². The van der Waals surface area contributed by atoms with Gasteiger partial charge in [0.1, 0.15) is 19.3 Å². The third-order valence-corrected chi connectivity index (χ3v) is 9.12. The zero-order valence-corrected chi connectivity index (χ0v) is 29.6. The normalized spacial score (nSPS) is 13.3. The summed E-state index contributed by atoms with van der Waals surface area (Å²) in [6.07, 6.45) is 0.0417. The summed E-state index contributed by atoms with van der Waals surface area (Å²) in [6.45, 7) is 5.81. The van der Waals surface area contributed by atoms with Gasteiger partial charge < -0.3 is 30.9 Å². The first-order valence-corrected chi connectivity index (χ1v) is 17.3. The summed E-state index contributed by atoms with van der Waals surface area (Å²) < 4.78 is 10.8. The summed E-state index contributed by atoms with van der Waals surface area (Å²) in [5.74, 6) is -1.05. The quantitative estimate of drug-likeness (QED) is 0.128. The maximum absolute atomic E-state index is 12.1. The number of ether oxygens (including phenoxy) is 2. The standard InChI is InChI=1S/C21H23NO3.C19H19NO4.CH5N/c1-3-19(20(23)4-2)22-21(24)25-13-18-16-11-7-5-9-14(16)15-10-6-8-12-17(15)18;1-2-17(18(21)22)20-19(23)24-11-16-14-9-5-3-7-12(14)13-8-4-6-10-15(13)16;1-2/h5-12,18-19H,3-4,13H2,1-2H3,(H,22,24);3-10,16-17H,2,11H2,1H3,(H,20,23)(H,21,22);2H2,1H3. The van der Waals surface area contributed by atoms with Crippen LogP contribution in [0.25, 0.3) is 22.3 Å². The van der Waals surface area contributed by atoms with Gasteiger partial charge in [-0.2, -0.15) is 0 Å². The summed E-state index contributed by atoms with van der Waals surface area (Å²) in [5, 5.41) is 14.0. The minimum atomic E-state index is -1.06. The molecule has 268 valence electrons. The first-order chi connectivity index (χ1) is 24.8. The molecule has 2 unspecified atom stereocenters. The van der Waals surface area contributed by atoms with Gasteiger partial charge in [-0.05, 0) is 64.4 Å². The topological polar surface area (TPSA) is 157 Å². The molecule has 2 amide bonds. The van der Waals surface area contributed by atoms with Gasteiger partial charge in [0.05, 0.1) is 6.04 Å². The lowest BCUT2D eigenvalue weighted by atomic mass is 9.98. The molecular weight excluding hydrogens is 646 g/mol. The third kappa shape index (κ3) is 9.01. The minimum Gasteiger partial charge on any atom is -0.480 e. The van der Waals surface area contributed by atoms with Crippen LogP contribution in [0.5, 0.6) is 0 Å². The van der Waals surface area contributed by atoms with E-state index in [2.05, 4.69) is 52.8 Å². The van der Waals surface area contributed by atoms with E-state index in [1.165, 1.54) is 29.3 Å². The van der Waals surface area contributed by atoms with Crippen molar-refractivity contribution in [2.24, 2.45) is 5.73 Å². The van der Waals surface area contributed by atoms with Crippen LogP contribution in [0.1, 0.15) is 74.1 Å². The van der Waals surface area contributed by atoms with Gasteiger partial charge in [-0.15, -0.1) is 0 Å². The molecule has 2 aliphatic rings. The van der Waals surface area contributed by atoms with Crippen LogP contribution in [-0.4, -0.2) is 61.4 Å². The second kappa shape index (κ2) is 18.5. The fourth-order valence-electron chi connectivity index (χ4n) is 6.56. The van der Waals surface area contributed by atoms with Crippen LogP contribution >= 0.6 is 0 Å². The number of Topliss-reactive ketones (excluding diaryl/α,β-unsaturated/α-hetero) is 1. The van der Waals surface area contributed by atoms with Crippen LogP contribution in [-0.2, 0) is 19.1 Å². The maximum atomic E-state index is 12.1. The van der Waals surface area contributed by atoms with E-state index < -0.39 is 30.2 Å². The van der Waals surface area contributed by atoms with Gasteiger partial charge in [-0.3, -0.25) is 4.79 Å². The number of hydrogen-bond donors (Lipinski definition) is 4. The minimum absolute atomic E-state index is 0.0241. The van der Waals surface area contributed by atoms with Crippen molar-refractivity contribution in [3.8, 4) is 22.3 Å². The number of aliphatic carboxylic acids is 1. The molecule has 51 heavy (non-hydrogen) atoms. The molecule has 6 rings (SSSR count). The molecule has 10 nitrogen and oxygen atoms in total. The van der Waals surface area contributed by atoms with Gasteiger partial charge >= 0.3 is 18.2 Å². The number of carboxylic acids is 1. The second-order valence-electron chi connectivity index (χ2n) is 12.0. The zero-order valence-electron chi connectivity index (χ0n) is 29.6. The average molecular weight is 694 g/mol. The van der Waals surface area contributed by atoms with Crippen molar-refractivity contribution in [2.75, 3.05) is 20.3 Å². The van der Waals surface area contributed by atoms with Gasteiger partial charge in [-0.1, -0.05) is 118 Å². The summed E-state index contributed by atoms with van der Waals surface area (Å²) in [4.78, 5) is 46.8. The number of amides is 2. The maximum Gasteiger partial charge on any atom is 0.407 e. The Labute approximate surface area is 299 Å². The van der Waals surface area contributed by atoms with E-state index in [1.807, 2.05) is 67.6 Å². The number of carbonyl (C=O) groups is 4. The molecule has 0 spiro atoms. The van der Waals surface area contributed by atoms with Gasteiger partial charge in [0.25, 0.3) is 0 Å². The summed E-state index contributed by atoms with van der Waals surface area (Å²) in [6, 6.07) is 31.1. The average Bonchev–Trinajstić information content (AvgIpc) is 3.67. The summed E-state index contributed by atoms with van der Waals surface area (Å²) in [7, 11) is 1.50. The second-order valence-corrected chi connectivity index (χ2v) is 12.0. The Morgan fingerprint density at radius 2 is 0.902 bits per heavy atom. The van der Waals surface area contributed by atoms with Crippen molar-refractivity contribution >= 4 is 23.9 Å². The Balaban J connectivity index is 0.000000218. The van der Waals surface area contributed by atoms with Crippen molar-refractivity contribution in [1.82, 2.24) is 10.6 Å². The molecule has 0 radical (unpaired) electrons. The molecule has 0 saturated heterocycles. The molecule has 2 atom stereocenters. The molecule has 0 aliphatic heterocycles. The third-order valence-electron chi connectivity index (χ3n) is 9.12. The Morgan fingerprint density at radius 1 is 0.588 bits per heavy atom. The van der Waals surface area contributed by atoms with E-state index in [0.29, 0.717) is 19.3 Å². The molecule has 0 fully saturated rings. The molecule has 0 aromatic heterocycles. The Hall–Kier alpha value is -5.48. The predicted octanol–water partition coefficient (Wildman–Crippen LogP) is 7.25. The highest BCUT2D eigenvalue weighted by atomic mass is 16.6. The Kier molecular flexibility index (Phi) is 13.9. The molecule has 0 heterocycles. The fourth-order valence-corrected chi connectivity index (χ4v) is 6.56. The SMILES string of the molecule is CCC(=O)C(CC)NC(=O)OCC1c2ccccc2-c2ccccc21.CCC(NC(=O)OCC1c2ccccc2-c2ccccc21)C(=O)O.CN.